The van der Waals surface area contributed by atoms with Crippen molar-refractivity contribution in [3.05, 3.63) is 16.2 Å². The van der Waals surface area contributed by atoms with Crippen molar-refractivity contribution in [2.45, 2.75) is 39.2 Å². The van der Waals surface area contributed by atoms with Gasteiger partial charge in [-0.3, -0.25) is 0 Å². The zero-order valence-corrected chi connectivity index (χ0v) is 12.7. The Balaban J connectivity index is 2.37. The van der Waals surface area contributed by atoms with Gasteiger partial charge >= 0.3 is 0 Å². The van der Waals surface area contributed by atoms with E-state index in [0.717, 1.165) is 28.9 Å². The summed E-state index contributed by atoms with van der Waals surface area (Å²) < 4.78 is 0. The number of thiophene rings is 1. The topological polar surface area (TPSA) is 58.0 Å². The highest BCUT2D eigenvalue weighted by Gasteiger charge is 2.13. The van der Waals surface area contributed by atoms with E-state index in [1.54, 1.807) is 11.3 Å². The molecule has 104 valence electrons. The molecule has 0 aliphatic heterocycles. The molecule has 0 saturated carbocycles. The second-order valence-corrected chi connectivity index (χ2v) is 5.84. The molecule has 0 fully saturated rings. The molecule has 2 aromatic heterocycles. The molecular formula is C13H18ClN3OS. The number of aryl methyl sites for hydroxylation is 1. The number of aromatic nitrogens is 2. The van der Waals surface area contributed by atoms with Crippen molar-refractivity contribution >= 4 is 39.0 Å². The number of aliphatic hydroxyl groups excluding tert-OH is 1. The number of halogens is 1. The van der Waals surface area contributed by atoms with Crippen molar-refractivity contribution in [2.75, 3.05) is 11.9 Å². The molecule has 0 aliphatic rings. The third kappa shape index (κ3) is 3.35. The number of hydrogen-bond donors (Lipinski definition) is 2. The van der Waals surface area contributed by atoms with Gasteiger partial charge in [0, 0.05) is 17.5 Å². The Hall–Kier alpha value is -0.910. The Bertz CT molecular complexity index is 558. The molecule has 2 aromatic rings. The van der Waals surface area contributed by atoms with E-state index >= 15 is 0 Å². The largest absolute Gasteiger partial charge is 0.396 e. The lowest BCUT2D eigenvalue weighted by Crippen LogP contribution is -2.20. The van der Waals surface area contributed by atoms with Gasteiger partial charge in [-0.25, -0.2) is 9.97 Å². The van der Waals surface area contributed by atoms with E-state index in [2.05, 4.69) is 35.2 Å². The van der Waals surface area contributed by atoms with E-state index in [9.17, 15) is 0 Å². The molecule has 0 aliphatic carbocycles. The molecule has 0 saturated heterocycles. The number of nitrogens with one attached hydrogen (secondary N) is 1. The predicted molar refractivity (Wildman–Crippen MR) is 81.2 cm³/mol. The van der Waals surface area contributed by atoms with Crippen LogP contribution >= 0.6 is 22.9 Å². The van der Waals surface area contributed by atoms with E-state index in [1.165, 1.54) is 4.88 Å². The van der Waals surface area contributed by atoms with Crippen molar-refractivity contribution in [1.82, 2.24) is 9.97 Å². The third-order valence-electron chi connectivity index (χ3n) is 3.08. The highest BCUT2D eigenvalue weighted by molar-refractivity contribution is 7.18. The molecule has 19 heavy (non-hydrogen) atoms. The minimum atomic E-state index is 0.164. The van der Waals surface area contributed by atoms with Crippen LogP contribution in [-0.4, -0.2) is 27.7 Å². The first-order chi connectivity index (χ1) is 9.17. The molecule has 2 rings (SSSR count). The second kappa shape index (κ2) is 6.50. The van der Waals surface area contributed by atoms with Gasteiger partial charge in [0.1, 0.15) is 10.6 Å². The van der Waals surface area contributed by atoms with Crippen molar-refractivity contribution in [3.8, 4) is 0 Å². The molecule has 1 unspecified atom stereocenters. The molecule has 0 spiro atoms. The Labute approximate surface area is 121 Å². The Morgan fingerprint density at radius 3 is 2.84 bits per heavy atom. The zero-order valence-electron chi connectivity index (χ0n) is 11.1. The molecule has 0 aromatic carbocycles. The van der Waals surface area contributed by atoms with Crippen LogP contribution in [0.5, 0.6) is 0 Å². The van der Waals surface area contributed by atoms with Crippen molar-refractivity contribution in [3.63, 3.8) is 0 Å². The smallest absolute Gasteiger partial charge is 0.225 e. The Morgan fingerprint density at radius 1 is 1.42 bits per heavy atom. The lowest BCUT2D eigenvalue weighted by Gasteiger charge is -2.16. The minimum absolute atomic E-state index is 0.164. The lowest BCUT2D eigenvalue weighted by molar-refractivity contribution is 0.278. The Kier molecular flexibility index (Phi) is 4.96. The van der Waals surface area contributed by atoms with Crippen LogP contribution in [0.3, 0.4) is 0 Å². The molecule has 0 radical (unpaired) electrons. The molecule has 4 nitrogen and oxygen atoms in total. The fourth-order valence-electron chi connectivity index (χ4n) is 1.96. The average molecular weight is 300 g/mol. The maximum Gasteiger partial charge on any atom is 0.225 e. The van der Waals surface area contributed by atoms with Crippen LogP contribution in [-0.2, 0) is 6.42 Å². The van der Waals surface area contributed by atoms with Gasteiger partial charge in [-0.05, 0) is 36.9 Å². The summed E-state index contributed by atoms with van der Waals surface area (Å²) in [5, 5.41) is 13.7. The van der Waals surface area contributed by atoms with E-state index in [1.807, 2.05) is 0 Å². The van der Waals surface area contributed by atoms with Gasteiger partial charge in [-0.15, -0.1) is 11.3 Å². The van der Waals surface area contributed by atoms with Crippen molar-refractivity contribution in [1.29, 1.82) is 0 Å². The zero-order chi connectivity index (χ0) is 13.8. The summed E-state index contributed by atoms with van der Waals surface area (Å²) in [4.78, 5) is 10.7. The van der Waals surface area contributed by atoms with Crippen LogP contribution in [0.15, 0.2) is 6.07 Å². The number of aliphatic hydroxyl groups is 1. The molecule has 6 heteroatoms. The fraction of sp³-hybridized carbons (Fsp3) is 0.538. The van der Waals surface area contributed by atoms with Gasteiger partial charge in [0.2, 0.25) is 5.28 Å². The minimum Gasteiger partial charge on any atom is -0.396 e. The van der Waals surface area contributed by atoms with Crippen LogP contribution in [0, 0.1) is 0 Å². The number of anilines is 1. The van der Waals surface area contributed by atoms with E-state index < -0.39 is 0 Å². The van der Waals surface area contributed by atoms with E-state index in [0.29, 0.717) is 6.42 Å². The molecule has 2 heterocycles. The van der Waals surface area contributed by atoms with Gasteiger partial charge in [0.05, 0.1) is 5.39 Å². The first-order valence-electron chi connectivity index (χ1n) is 6.51. The quantitative estimate of drug-likeness (QED) is 0.802. The van der Waals surface area contributed by atoms with E-state index in [4.69, 9.17) is 16.7 Å². The fourth-order valence-corrected chi connectivity index (χ4v) is 3.14. The summed E-state index contributed by atoms with van der Waals surface area (Å²) in [6, 6.07) is 2.31. The van der Waals surface area contributed by atoms with Gasteiger partial charge in [-0.1, -0.05) is 13.8 Å². The van der Waals surface area contributed by atoms with Gasteiger partial charge < -0.3 is 10.4 Å². The molecule has 0 bridgehead atoms. The molecular weight excluding hydrogens is 282 g/mol. The van der Waals surface area contributed by atoms with Gasteiger partial charge in [0.15, 0.2) is 0 Å². The maximum atomic E-state index is 9.06. The van der Waals surface area contributed by atoms with Crippen LogP contribution < -0.4 is 5.32 Å². The average Bonchev–Trinajstić information content (AvgIpc) is 2.81. The summed E-state index contributed by atoms with van der Waals surface area (Å²) in [5.74, 6) is 0.770. The van der Waals surface area contributed by atoms with Gasteiger partial charge in [-0.2, -0.15) is 0 Å². The van der Waals surface area contributed by atoms with Crippen LogP contribution in [0.4, 0.5) is 5.82 Å². The lowest BCUT2D eigenvalue weighted by atomic mass is 10.1. The summed E-state index contributed by atoms with van der Waals surface area (Å²) in [7, 11) is 0. The Morgan fingerprint density at radius 2 is 2.21 bits per heavy atom. The summed E-state index contributed by atoms with van der Waals surface area (Å²) in [6.45, 7) is 4.36. The van der Waals surface area contributed by atoms with Crippen LogP contribution in [0.2, 0.25) is 5.28 Å². The number of fused-ring (bicyclic) bond motifs is 1. The normalized spacial score (nSPS) is 12.8. The van der Waals surface area contributed by atoms with Crippen LogP contribution in [0.1, 0.15) is 31.6 Å². The summed E-state index contributed by atoms with van der Waals surface area (Å²) in [6.07, 6.45) is 2.60. The van der Waals surface area contributed by atoms with Crippen molar-refractivity contribution in [2.24, 2.45) is 0 Å². The van der Waals surface area contributed by atoms with E-state index in [-0.39, 0.29) is 17.9 Å². The number of nitrogens with zero attached hydrogens (tertiary/aromatic N) is 2. The standard InChI is InChI=1S/C13H18ClN3OS/c1-3-8(5-6-18)15-11-10-7-9(4-2)19-12(10)17-13(14)16-11/h7-8,18H,3-6H2,1-2H3,(H,15,16,17). The molecule has 1 atom stereocenters. The summed E-state index contributed by atoms with van der Waals surface area (Å²) >= 11 is 7.62. The monoisotopic (exact) mass is 299 g/mol. The third-order valence-corrected chi connectivity index (χ3v) is 4.42. The highest BCUT2D eigenvalue weighted by Crippen LogP contribution is 2.30. The molecule has 0 amide bonds. The second-order valence-electron chi connectivity index (χ2n) is 4.39. The maximum absolute atomic E-state index is 9.06. The predicted octanol–water partition coefficient (Wildman–Crippen LogP) is 3.48. The SMILES string of the molecule is CCc1cc2c(NC(CC)CCO)nc(Cl)nc2s1. The van der Waals surface area contributed by atoms with Crippen molar-refractivity contribution < 1.29 is 5.11 Å². The number of hydrogen-bond acceptors (Lipinski definition) is 5. The summed E-state index contributed by atoms with van der Waals surface area (Å²) in [5.41, 5.74) is 0. The van der Waals surface area contributed by atoms with Gasteiger partial charge in [0.25, 0.3) is 0 Å². The first-order valence-corrected chi connectivity index (χ1v) is 7.70. The highest BCUT2D eigenvalue weighted by atomic mass is 35.5. The van der Waals surface area contributed by atoms with Crippen LogP contribution in [0.25, 0.3) is 10.2 Å². The first kappa shape index (κ1) is 14.5. The number of rotatable bonds is 6. The molecule has 2 N–H and O–H groups in total.